The van der Waals surface area contributed by atoms with E-state index in [-0.39, 0.29) is 17.8 Å². The first-order chi connectivity index (χ1) is 10.3. The number of aromatic nitrogens is 1. The molecule has 1 aromatic rings. The second-order valence-corrected chi connectivity index (χ2v) is 6.87. The molecule has 1 amide bonds. The Labute approximate surface area is 135 Å². The average Bonchev–Trinajstić information content (AvgIpc) is 2.45. The van der Waals surface area contributed by atoms with Crippen molar-refractivity contribution in [3.8, 4) is 0 Å². The Balaban J connectivity index is 1.94. The summed E-state index contributed by atoms with van der Waals surface area (Å²) < 4.78 is 5.35. The van der Waals surface area contributed by atoms with E-state index in [0.29, 0.717) is 36.5 Å². The Morgan fingerprint density at radius 1 is 1.32 bits per heavy atom. The number of ether oxygens (including phenoxy) is 1. The smallest absolute Gasteiger partial charge is 0.410 e. The molecule has 5 nitrogen and oxygen atoms in total. The van der Waals surface area contributed by atoms with Gasteiger partial charge in [0.15, 0.2) is 5.78 Å². The Kier molecular flexibility index (Phi) is 5.06. The van der Waals surface area contributed by atoms with Gasteiger partial charge < -0.3 is 9.64 Å². The van der Waals surface area contributed by atoms with E-state index >= 15 is 0 Å². The van der Waals surface area contributed by atoms with Gasteiger partial charge >= 0.3 is 6.09 Å². The number of likely N-dealkylation sites (tertiary alicyclic amines) is 1. The lowest BCUT2D eigenvalue weighted by atomic mass is 9.89. The lowest BCUT2D eigenvalue weighted by molar-refractivity contribution is 0.0182. The van der Waals surface area contributed by atoms with Gasteiger partial charge in [-0.05, 0) is 39.7 Å². The molecule has 0 radical (unpaired) electrons. The molecule has 22 heavy (non-hydrogen) atoms. The van der Waals surface area contributed by atoms with E-state index < -0.39 is 5.60 Å². The Hall–Kier alpha value is -1.62. The Morgan fingerprint density at radius 2 is 1.95 bits per heavy atom. The van der Waals surface area contributed by atoms with Crippen molar-refractivity contribution < 1.29 is 14.3 Å². The van der Waals surface area contributed by atoms with E-state index in [1.807, 2.05) is 20.8 Å². The van der Waals surface area contributed by atoms with Gasteiger partial charge in [0.25, 0.3) is 0 Å². The van der Waals surface area contributed by atoms with Gasteiger partial charge in [-0.1, -0.05) is 11.6 Å². The molecule has 0 saturated carbocycles. The molecule has 1 aliphatic rings. The van der Waals surface area contributed by atoms with Crippen molar-refractivity contribution in [2.75, 3.05) is 13.1 Å². The summed E-state index contributed by atoms with van der Waals surface area (Å²) in [5.74, 6) is -0.0881. The highest BCUT2D eigenvalue weighted by molar-refractivity contribution is 6.33. The molecule has 6 heteroatoms. The molecular formula is C16H21ClN2O3. The van der Waals surface area contributed by atoms with Gasteiger partial charge in [-0.25, -0.2) is 4.79 Å². The van der Waals surface area contributed by atoms with Crippen LogP contribution in [0.2, 0.25) is 5.02 Å². The first-order valence-electron chi connectivity index (χ1n) is 7.39. The summed E-state index contributed by atoms with van der Waals surface area (Å²) in [6.07, 6.45) is 3.97. The van der Waals surface area contributed by atoms with E-state index in [1.165, 1.54) is 6.20 Å². The molecule has 0 N–H and O–H groups in total. The van der Waals surface area contributed by atoms with Crippen LogP contribution in [0.25, 0.3) is 0 Å². The first kappa shape index (κ1) is 16.7. The predicted octanol–water partition coefficient (Wildman–Crippen LogP) is 3.56. The van der Waals surface area contributed by atoms with Crippen molar-refractivity contribution in [1.29, 1.82) is 0 Å². The summed E-state index contributed by atoms with van der Waals surface area (Å²) in [4.78, 5) is 30.0. The van der Waals surface area contributed by atoms with E-state index in [4.69, 9.17) is 16.3 Å². The highest BCUT2D eigenvalue weighted by atomic mass is 35.5. The number of amides is 1. The van der Waals surface area contributed by atoms with Gasteiger partial charge in [0.2, 0.25) is 0 Å². The number of pyridine rings is 1. The topological polar surface area (TPSA) is 59.5 Å². The van der Waals surface area contributed by atoms with Crippen LogP contribution in [0, 0.1) is 5.92 Å². The molecule has 2 heterocycles. The molecule has 0 bridgehead atoms. The minimum atomic E-state index is -0.506. The van der Waals surface area contributed by atoms with Crippen molar-refractivity contribution in [3.63, 3.8) is 0 Å². The summed E-state index contributed by atoms with van der Waals surface area (Å²) in [6, 6.07) is 1.64. The molecule has 1 aromatic heterocycles. The minimum Gasteiger partial charge on any atom is -0.444 e. The number of Topliss-reactive ketones (excluding diaryl/α,β-unsaturated/α-hetero) is 1. The molecular weight excluding hydrogens is 304 g/mol. The third-order valence-electron chi connectivity index (χ3n) is 3.56. The zero-order chi connectivity index (χ0) is 16.3. The zero-order valence-electron chi connectivity index (χ0n) is 13.1. The summed E-state index contributed by atoms with van der Waals surface area (Å²) in [5.41, 5.74) is 0.00120. The number of carbonyl (C=O) groups excluding carboxylic acids is 2. The van der Waals surface area contributed by atoms with E-state index in [2.05, 4.69) is 4.98 Å². The van der Waals surface area contributed by atoms with Crippen LogP contribution < -0.4 is 0 Å². The SMILES string of the molecule is CC(C)(C)OC(=O)N1CCC(C(=O)c2ccncc2Cl)CC1. The first-order valence-corrected chi connectivity index (χ1v) is 7.77. The number of hydrogen-bond acceptors (Lipinski definition) is 4. The summed E-state index contributed by atoms with van der Waals surface area (Å²) >= 11 is 6.02. The van der Waals surface area contributed by atoms with Crippen LogP contribution in [0.5, 0.6) is 0 Å². The molecule has 0 atom stereocenters. The minimum absolute atomic E-state index is 0.0243. The van der Waals surface area contributed by atoms with Gasteiger partial charge in [-0.3, -0.25) is 9.78 Å². The number of carbonyl (C=O) groups is 2. The third-order valence-corrected chi connectivity index (χ3v) is 3.86. The largest absolute Gasteiger partial charge is 0.444 e. The van der Waals surface area contributed by atoms with Crippen molar-refractivity contribution >= 4 is 23.5 Å². The molecule has 1 fully saturated rings. The van der Waals surface area contributed by atoms with Crippen LogP contribution >= 0.6 is 11.6 Å². The molecule has 2 rings (SSSR count). The van der Waals surface area contributed by atoms with Gasteiger partial charge in [-0.2, -0.15) is 0 Å². The van der Waals surface area contributed by atoms with Crippen molar-refractivity contribution in [3.05, 3.63) is 29.0 Å². The molecule has 120 valence electrons. The molecule has 1 saturated heterocycles. The van der Waals surface area contributed by atoms with Crippen molar-refractivity contribution in [2.45, 2.75) is 39.2 Å². The summed E-state index contributed by atoms with van der Waals surface area (Å²) in [6.45, 7) is 6.56. The fraction of sp³-hybridized carbons (Fsp3) is 0.562. The molecule has 1 aliphatic heterocycles. The van der Waals surface area contributed by atoms with E-state index in [9.17, 15) is 9.59 Å². The molecule has 0 aliphatic carbocycles. The van der Waals surface area contributed by atoms with Crippen LogP contribution in [0.1, 0.15) is 44.0 Å². The lowest BCUT2D eigenvalue weighted by Crippen LogP contribution is -2.43. The fourth-order valence-electron chi connectivity index (χ4n) is 2.45. The normalized spacial score (nSPS) is 16.5. The van der Waals surface area contributed by atoms with Gasteiger partial charge in [0.1, 0.15) is 5.60 Å². The Bertz CT molecular complexity index is 561. The number of hydrogen-bond donors (Lipinski definition) is 0. The lowest BCUT2D eigenvalue weighted by Gasteiger charge is -2.33. The standard InChI is InChI=1S/C16H21ClN2O3/c1-16(2,3)22-15(21)19-8-5-11(6-9-19)14(20)12-4-7-18-10-13(12)17/h4,7,10-11H,5-6,8-9H2,1-3H3. The van der Waals surface area contributed by atoms with Crippen LogP contribution in [0.3, 0.4) is 0 Å². The van der Waals surface area contributed by atoms with Crippen LogP contribution in [0.4, 0.5) is 4.79 Å². The molecule has 0 unspecified atom stereocenters. The number of piperidine rings is 1. The zero-order valence-corrected chi connectivity index (χ0v) is 13.9. The van der Waals surface area contributed by atoms with Crippen LogP contribution in [-0.4, -0.2) is 40.5 Å². The summed E-state index contributed by atoms with van der Waals surface area (Å²) in [5, 5.41) is 0.377. The highest BCUT2D eigenvalue weighted by Gasteiger charge is 2.30. The summed E-state index contributed by atoms with van der Waals surface area (Å²) in [7, 11) is 0. The Morgan fingerprint density at radius 3 is 2.50 bits per heavy atom. The maximum absolute atomic E-state index is 12.5. The predicted molar refractivity (Wildman–Crippen MR) is 84.1 cm³/mol. The van der Waals surface area contributed by atoms with Crippen molar-refractivity contribution in [1.82, 2.24) is 9.88 Å². The quantitative estimate of drug-likeness (QED) is 0.780. The van der Waals surface area contributed by atoms with Crippen LogP contribution in [0.15, 0.2) is 18.5 Å². The highest BCUT2D eigenvalue weighted by Crippen LogP contribution is 2.25. The van der Waals surface area contributed by atoms with E-state index in [1.54, 1.807) is 17.2 Å². The second kappa shape index (κ2) is 6.65. The van der Waals surface area contributed by atoms with Gasteiger partial charge in [0, 0.05) is 37.0 Å². The maximum atomic E-state index is 12.5. The van der Waals surface area contributed by atoms with Gasteiger partial charge in [0.05, 0.1) is 5.02 Å². The molecule has 0 spiro atoms. The third kappa shape index (κ3) is 4.19. The monoisotopic (exact) mass is 324 g/mol. The number of ketones is 1. The second-order valence-electron chi connectivity index (χ2n) is 6.46. The maximum Gasteiger partial charge on any atom is 0.410 e. The van der Waals surface area contributed by atoms with Crippen LogP contribution in [-0.2, 0) is 4.74 Å². The average molecular weight is 325 g/mol. The van der Waals surface area contributed by atoms with Gasteiger partial charge in [-0.15, -0.1) is 0 Å². The molecule has 0 aromatic carbocycles. The number of rotatable bonds is 2. The van der Waals surface area contributed by atoms with Crippen molar-refractivity contribution in [2.24, 2.45) is 5.92 Å². The number of nitrogens with zero attached hydrogens (tertiary/aromatic N) is 2. The number of halogens is 1. The fourth-order valence-corrected chi connectivity index (χ4v) is 2.66. The van der Waals surface area contributed by atoms with E-state index in [0.717, 1.165) is 0 Å².